The monoisotopic (exact) mass is 664 g/mol. The van der Waals surface area contributed by atoms with Crippen molar-refractivity contribution in [1.29, 1.82) is 0 Å². The van der Waals surface area contributed by atoms with Crippen molar-refractivity contribution in [1.82, 2.24) is 0 Å². The highest BCUT2D eigenvalue weighted by molar-refractivity contribution is 5.54. The molecule has 0 unspecified atom stereocenters. The summed E-state index contributed by atoms with van der Waals surface area (Å²) in [5, 5.41) is 11.7. The number of aliphatic hydroxyl groups is 1. The highest BCUT2D eigenvalue weighted by Gasteiger charge is 2.34. The van der Waals surface area contributed by atoms with Crippen molar-refractivity contribution in [2.45, 2.75) is 52.0 Å². The Morgan fingerprint density at radius 2 is 0.980 bits per heavy atom. The minimum Gasteiger partial charge on any atom is -0.489 e. The predicted octanol–water partition coefficient (Wildman–Crippen LogP) is 9.35. The fourth-order valence-electron chi connectivity index (χ4n) is 6.07. The van der Waals surface area contributed by atoms with Crippen LogP contribution >= 0.6 is 0 Å². The van der Waals surface area contributed by atoms with Gasteiger partial charge in [0.05, 0.1) is 6.10 Å². The van der Waals surface area contributed by atoms with Crippen LogP contribution in [0.4, 0.5) is 0 Å². The lowest BCUT2D eigenvalue weighted by Gasteiger charge is -2.33. The molecule has 2 atom stereocenters. The van der Waals surface area contributed by atoms with Crippen LogP contribution in [0.5, 0.6) is 28.7 Å². The maximum absolute atomic E-state index is 11.7. The molecule has 0 amide bonds. The molecule has 6 heteroatoms. The second kappa shape index (κ2) is 15.7. The van der Waals surface area contributed by atoms with Crippen molar-refractivity contribution < 1.29 is 28.8 Å². The molecule has 0 fully saturated rings. The van der Waals surface area contributed by atoms with Gasteiger partial charge in [-0.15, -0.1) is 0 Å². The van der Waals surface area contributed by atoms with Crippen LogP contribution in [0.25, 0.3) is 0 Å². The summed E-state index contributed by atoms with van der Waals surface area (Å²) < 4.78 is 32.0. The minimum atomic E-state index is -0.838. The third-order valence-corrected chi connectivity index (χ3v) is 8.76. The second-order valence-electron chi connectivity index (χ2n) is 12.5. The second-order valence-corrected chi connectivity index (χ2v) is 12.5. The standard InChI is InChI=1S/C44H40O6/c1-31-22-42(48-29-34-18-10-4-11-19-34)43(49-30-35-20-12-5-13-21-35)26-37(31)44-39(45)25-38-40(47-28-33-16-8-3-9-17-33)23-36(24-41(38)50-44)46-27-32-14-6-2-7-15-32/h2-24,26,39,44-45H,25,27-30H2,1H3/t39-,44+/m1/s1. The molecular weight excluding hydrogens is 624 g/mol. The summed E-state index contributed by atoms with van der Waals surface area (Å²) in [7, 11) is 0. The van der Waals surface area contributed by atoms with Gasteiger partial charge in [-0.3, -0.25) is 0 Å². The Morgan fingerprint density at radius 1 is 0.540 bits per heavy atom. The van der Waals surface area contributed by atoms with E-state index >= 15 is 0 Å². The highest BCUT2D eigenvalue weighted by Crippen LogP contribution is 2.45. The topological polar surface area (TPSA) is 66.4 Å². The van der Waals surface area contributed by atoms with Gasteiger partial charge in [-0.25, -0.2) is 0 Å². The summed E-state index contributed by atoms with van der Waals surface area (Å²) in [5.74, 6) is 3.08. The first-order chi connectivity index (χ1) is 24.6. The van der Waals surface area contributed by atoms with Gasteiger partial charge >= 0.3 is 0 Å². The van der Waals surface area contributed by atoms with Gasteiger partial charge in [-0.2, -0.15) is 0 Å². The van der Waals surface area contributed by atoms with Crippen molar-refractivity contribution in [3.05, 3.63) is 185 Å². The number of fused-ring (bicyclic) bond motifs is 1. The van der Waals surface area contributed by atoms with Gasteiger partial charge in [0.1, 0.15) is 43.7 Å². The summed E-state index contributed by atoms with van der Waals surface area (Å²) in [6.07, 6.45) is -1.15. The zero-order valence-corrected chi connectivity index (χ0v) is 28.0. The smallest absolute Gasteiger partial charge is 0.162 e. The predicted molar refractivity (Wildman–Crippen MR) is 194 cm³/mol. The number of rotatable bonds is 13. The molecule has 0 spiro atoms. The third kappa shape index (κ3) is 8.11. The van der Waals surface area contributed by atoms with E-state index in [2.05, 4.69) is 0 Å². The molecule has 252 valence electrons. The molecule has 6 nitrogen and oxygen atoms in total. The summed E-state index contributed by atoms with van der Waals surface area (Å²) in [6, 6.07) is 47.8. The van der Waals surface area contributed by atoms with Crippen molar-refractivity contribution in [2.75, 3.05) is 0 Å². The molecule has 1 N–H and O–H groups in total. The average molecular weight is 665 g/mol. The van der Waals surface area contributed by atoms with Crippen LogP contribution in [0.1, 0.15) is 45.0 Å². The lowest BCUT2D eigenvalue weighted by atomic mass is 9.91. The Morgan fingerprint density at radius 3 is 1.48 bits per heavy atom. The maximum Gasteiger partial charge on any atom is 0.162 e. The van der Waals surface area contributed by atoms with Crippen LogP contribution in [0.2, 0.25) is 0 Å². The molecular formula is C44H40O6. The van der Waals surface area contributed by atoms with Crippen molar-refractivity contribution in [3.8, 4) is 28.7 Å². The first-order valence-electron chi connectivity index (χ1n) is 16.9. The molecule has 1 aliphatic heterocycles. The number of ether oxygens (including phenoxy) is 5. The lowest BCUT2D eigenvalue weighted by molar-refractivity contribution is 0.0189. The van der Waals surface area contributed by atoms with Gasteiger partial charge in [-0.05, 0) is 46.9 Å². The summed E-state index contributed by atoms with van der Waals surface area (Å²) >= 11 is 0. The van der Waals surface area contributed by atoms with E-state index in [0.29, 0.717) is 61.6 Å². The van der Waals surface area contributed by atoms with E-state index in [4.69, 9.17) is 23.7 Å². The quantitative estimate of drug-likeness (QED) is 0.133. The van der Waals surface area contributed by atoms with Gasteiger partial charge in [0.2, 0.25) is 0 Å². The molecule has 0 radical (unpaired) electrons. The Hall–Kier alpha value is -5.72. The van der Waals surface area contributed by atoms with E-state index in [1.807, 2.05) is 153 Å². The first-order valence-corrected chi connectivity index (χ1v) is 16.9. The van der Waals surface area contributed by atoms with E-state index in [-0.39, 0.29) is 0 Å². The maximum atomic E-state index is 11.7. The van der Waals surface area contributed by atoms with Crippen molar-refractivity contribution >= 4 is 0 Å². The SMILES string of the molecule is Cc1cc(OCc2ccccc2)c(OCc2ccccc2)cc1[C@@H]1Oc2cc(OCc3ccccc3)cc(OCc3ccccc3)c2C[C@H]1O. The van der Waals surface area contributed by atoms with Crippen LogP contribution in [-0.4, -0.2) is 11.2 Å². The summed E-state index contributed by atoms with van der Waals surface area (Å²) in [4.78, 5) is 0. The number of aryl methyl sites for hydroxylation is 1. The van der Waals surface area contributed by atoms with Gasteiger partial charge in [0.15, 0.2) is 17.6 Å². The number of benzene rings is 6. The molecule has 0 aliphatic carbocycles. The molecule has 0 bridgehead atoms. The van der Waals surface area contributed by atoms with E-state index in [1.165, 1.54) is 0 Å². The molecule has 0 aromatic heterocycles. The van der Waals surface area contributed by atoms with E-state index in [0.717, 1.165) is 38.9 Å². The zero-order chi connectivity index (χ0) is 34.1. The molecule has 0 saturated heterocycles. The average Bonchev–Trinajstić information content (AvgIpc) is 3.16. The molecule has 6 aromatic rings. The van der Waals surface area contributed by atoms with Crippen molar-refractivity contribution in [2.24, 2.45) is 0 Å². The van der Waals surface area contributed by atoms with Gasteiger partial charge in [0, 0.05) is 29.7 Å². The minimum absolute atomic E-state index is 0.342. The lowest BCUT2D eigenvalue weighted by Crippen LogP contribution is -2.31. The van der Waals surface area contributed by atoms with Crippen LogP contribution in [0, 0.1) is 6.92 Å². The summed E-state index contributed by atoms with van der Waals surface area (Å²) in [5.41, 5.74) is 6.74. The van der Waals surface area contributed by atoms with E-state index in [9.17, 15) is 5.11 Å². The Kier molecular flexibility index (Phi) is 10.3. The van der Waals surface area contributed by atoms with Crippen LogP contribution in [0.3, 0.4) is 0 Å². The van der Waals surface area contributed by atoms with Crippen LogP contribution in [-0.2, 0) is 32.8 Å². The van der Waals surface area contributed by atoms with Crippen molar-refractivity contribution in [3.63, 3.8) is 0 Å². The van der Waals surface area contributed by atoms with Crippen LogP contribution < -0.4 is 23.7 Å². The molecule has 6 aromatic carbocycles. The first kappa shape index (κ1) is 32.8. The summed E-state index contributed by atoms with van der Waals surface area (Å²) in [6.45, 7) is 3.54. The molecule has 1 aliphatic rings. The Balaban J connectivity index is 1.19. The molecule has 7 rings (SSSR count). The molecule has 1 heterocycles. The Bertz CT molecular complexity index is 1980. The number of hydrogen-bond donors (Lipinski definition) is 1. The van der Waals surface area contributed by atoms with Gasteiger partial charge < -0.3 is 28.8 Å². The number of aliphatic hydroxyl groups excluding tert-OH is 1. The fourth-order valence-corrected chi connectivity index (χ4v) is 6.07. The largest absolute Gasteiger partial charge is 0.489 e. The van der Waals surface area contributed by atoms with E-state index in [1.54, 1.807) is 0 Å². The molecule has 50 heavy (non-hydrogen) atoms. The number of hydrogen-bond acceptors (Lipinski definition) is 6. The Labute approximate surface area is 293 Å². The zero-order valence-electron chi connectivity index (χ0n) is 28.0. The normalized spacial score (nSPS) is 15.0. The van der Waals surface area contributed by atoms with Gasteiger partial charge in [0.25, 0.3) is 0 Å². The van der Waals surface area contributed by atoms with Gasteiger partial charge in [-0.1, -0.05) is 121 Å². The van der Waals surface area contributed by atoms with Crippen LogP contribution in [0.15, 0.2) is 146 Å². The molecule has 0 saturated carbocycles. The fraction of sp³-hybridized carbons (Fsp3) is 0.182. The third-order valence-electron chi connectivity index (χ3n) is 8.76. The van der Waals surface area contributed by atoms with E-state index < -0.39 is 12.2 Å². The highest BCUT2D eigenvalue weighted by atomic mass is 16.5.